The molecule has 0 saturated carbocycles. The van der Waals surface area contributed by atoms with Crippen molar-refractivity contribution >= 4 is 22.5 Å². The molecule has 0 radical (unpaired) electrons. The van der Waals surface area contributed by atoms with Gasteiger partial charge in [-0.1, -0.05) is 72.3 Å². The van der Waals surface area contributed by atoms with Gasteiger partial charge in [0.05, 0.1) is 0 Å². The molecule has 1 aliphatic heterocycles. The number of aryl methyl sites for hydroxylation is 1. The van der Waals surface area contributed by atoms with Crippen molar-refractivity contribution in [2.75, 3.05) is 24.5 Å². The third-order valence-electron chi connectivity index (χ3n) is 6.20. The predicted molar refractivity (Wildman–Crippen MR) is 129 cm³/mol. The minimum atomic E-state index is 0.0859. The fourth-order valence-electron chi connectivity index (χ4n) is 4.45. The van der Waals surface area contributed by atoms with Crippen molar-refractivity contribution in [3.05, 3.63) is 90.0 Å². The number of anilines is 1. The molecule has 0 N–H and O–H groups in total. The molecule has 5 heteroatoms. The normalized spacial score (nSPS) is 16.4. The van der Waals surface area contributed by atoms with E-state index in [2.05, 4.69) is 65.3 Å². The van der Waals surface area contributed by atoms with Gasteiger partial charge in [-0.15, -0.1) is 10.2 Å². The summed E-state index contributed by atoms with van der Waals surface area (Å²) in [5.74, 6) is 0.971. The fourth-order valence-corrected chi connectivity index (χ4v) is 4.45. The van der Waals surface area contributed by atoms with E-state index in [4.69, 9.17) is 0 Å². The Morgan fingerprint density at radius 1 is 0.844 bits per heavy atom. The number of rotatable bonds is 3. The predicted octanol–water partition coefficient (Wildman–Crippen LogP) is 4.96. The van der Waals surface area contributed by atoms with Crippen LogP contribution >= 0.6 is 0 Å². The number of hydrogen-bond acceptors (Lipinski definition) is 4. The highest BCUT2D eigenvalue weighted by Gasteiger charge is 2.29. The summed E-state index contributed by atoms with van der Waals surface area (Å²) < 4.78 is 0. The molecule has 1 aromatic heterocycles. The molecule has 5 nitrogen and oxygen atoms in total. The number of amides is 1. The van der Waals surface area contributed by atoms with Gasteiger partial charge in [0.25, 0.3) is 5.91 Å². The van der Waals surface area contributed by atoms with Crippen LogP contribution in [0.2, 0.25) is 0 Å². The molecule has 0 bridgehead atoms. The summed E-state index contributed by atoms with van der Waals surface area (Å²) in [6, 6.07) is 26.4. The van der Waals surface area contributed by atoms with Crippen LogP contribution < -0.4 is 4.90 Å². The van der Waals surface area contributed by atoms with Gasteiger partial charge in [-0.05, 0) is 26.0 Å². The SMILES string of the molecule is Cc1ccc(-c2nnc(N3CCN(C(=O)c4ccccc4)C[C@H]3C)c3ccccc23)cc1. The van der Waals surface area contributed by atoms with Gasteiger partial charge in [0.1, 0.15) is 5.69 Å². The highest BCUT2D eigenvalue weighted by molar-refractivity contribution is 6.00. The molecule has 1 aliphatic rings. The van der Waals surface area contributed by atoms with Gasteiger partial charge in [0.15, 0.2) is 5.82 Å². The van der Waals surface area contributed by atoms with Crippen LogP contribution in [0.1, 0.15) is 22.8 Å². The topological polar surface area (TPSA) is 49.3 Å². The molecule has 160 valence electrons. The van der Waals surface area contributed by atoms with E-state index in [9.17, 15) is 4.79 Å². The Balaban J connectivity index is 1.45. The molecule has 1 atom stereocenters. The van der Waals surface area contributed by atoms with Gasteiger partial charge in [-0.25, -0.2) is 0 Å². The number of carbonyl (C=O) groups is 1. The zero-order valence-electron chi connectivity index (χ0n) is 18.4. The van der Waals surface area contributed by atoms with Crippen LogP contribution in [-0.4, -0.2) is 46.7 Å². The van der Waals surface area contributed by atoms with Crippen molar-refractivity contribution in [3.8, 4) is 11.3 Å². The van der Waals surface area contributed by atoms with Crippen LogP contribution in [-0.2, 0) is 0 Å². The van der Waals surface area contributed by atoms with E-state index in [-0.39, 0.29) is 11.9 Å². The molecular formula is C27H26N4O. The Hall–Kier alpha value is -3.73. The molecule has 3 aromatic carbocycles. The van der Waals surface area contributed by atoms with Crippen LogP contribution in [0.4, 0.5) is 5.82 Å². The van der Waals surface area contributed by atoms with Crippen molar-refractivity contribution in [1.29, 1.82) is 0 Å². The van der Waals surface area contributed by atoms with Crippen LogP contribution in [0.5, 0.6) is 0 Å². The lowest BCUT2D eigenvalue weighted by molar-refractivity contribution is 0.0726. The lowest BCUT2D eigenvalue weighted by Gasteiger charge is -2.40. The van der Waals surface area contributed by atoms with Crippen molar-refractivity contribution in [1.82, 2.24) is 15.1 Å². The van der Waals surface area contributed by atoms with Crippen molar-refractivity contribution in [2.45, 2.75) is 19.9 Å². The smallest absolute Gasteiger partial charge is 0.253 e. The maximum atomic E-state index is 12.9. The first kappa shape index (κ1) is 20.2. The quantitative estimate of drug-likeness (QED) is 0.468. The standard InChI is InChI=1S/C27H26N4O/c1-19-12-14-21(15-13-19)25-23-10-6-7-11-24(23)26(29-28-25)31-17-16-30(18-20(31)2)27(32)22-8-4-3-5-9-22/h3-15,20H,16-18H2,1-2H3/t20-/m1/s1. The van der Waals surface area contributed by atoms with Gasteiger partial charge in [-0.2, -0.15) is 0 Å². The van der Waals surface area contributed by atoms with Crippen LogP contribution in [0, 0.1) is 6.92 Å². The summed E-state index contributed by atoms with van der Waals surface area (Å²) in [6.45, 7) is 6.27. The number of carbonyl (C=O) groups excluding carboxylic acids is 1. The summed E-state index contributed by atoms with van der Waals surface area (Å²) in [5, 5.41) is 11.5. The lowest BCUT2D eigenvalue weighted by atomic mass is 10.0. The first-order valence-corrected chi connectivity index (χ1v) is 11.1. The van der Waals surface area contributed by atoms with Crippen LogP contribution in [0.3, 0.4) is 0 Å². The minimum Gasteiger partial charge on any atom is -0.348 e. The van der Waals surface area contributed by atoms with Gasteiger partial charge < -0.3 is 9.80 Å². The number of aromatic nitrogens is 2. The first-order valence-electron chi connectivity index (χ1n) is 11.1. The second kappa shape index (κ2) is 8.42. The Morgan fingerprint density at radius 2 is 1.53 bits per heavy atom. The van der Waals surface area contributed by atoms with E-state index >= 15 is 0 Å². The first-order chi connectivity index (χ1) is 15.6. The highest BCUT2D eigenvalue weighted by Crippen LogP contribution is 2.33. The van der Waals surface area contributed by atoms with Gasteiger partial charge in [0, 0.05) is 47.6 Å². The summed E-state index contributed by atoms with van der Waals surface area (Å²) in [7, 11) is 0. The molecule has 5 rings (SSSR count). The molecule has 0 spiro atoms. The van der Waals surface area contributed by atoms with Crippen LogP contribution in [0.25, 0.3) is 22.0 Å². The van der Waals surface area contributed by atoms with E-state index in [1.54, 1.807) is 0 Å². The number of hydrogen-bond donors (Lipinski definition) is 0. The average Bonchev–Trinajstić information content (AvgIpc) is 2.84. The third kappa shape index (κ3) is 3.71. The largest absolute Gasteiger partial charge is 0.348 e. The summed E-state index contributed by atoms with van der Waals surface area (Å²) in [6.07, 6.45) is 0. The van der Waals surface area contributed by atoms with E-state index in [0.29, 0.717) is 13.1 Å². The van der Waals surface area contributed by atoms with Crippen molar-refractivity contribution < 1.29 is 4.79 Å². The molecule has 0 unspecified atom stereocenters. The molecule has 1 saturated heterocycles. The zero-order valence-corrected chi connectivity index (χ0v) is 18.4. The highest BCUT2D eigenvalue weighted by atomic mass is 16.2. The summed E-state index contributed by atoms with van der Waals surface area (Å²) in [4.78, 5) is 17.1. The maximum Gasteiger partial charge on any atom is 0.253 e. The molecule has 4 aromatic rings. The number of piperazine rings is 1. The second-order valence-electron chi connectivity index (χ2n) is 8.44. The Labute approximate surface area is 188 Å². The van der Waals surface area contributed by atoms with Gasteiger partial charge in [0.2, 0.25) is 0 Å². The van der Waals surface area contributed by atoms with E-state index in [0.717, 1.165) is 40.0 Å². The number of benzene rings is 3. The van der Waals surface area contributed by atoms with E-state index in [1.165, 1.54) is 5.56 Å². The van der Waals surface area contributed by atoms with Crippen molar-refractivity contribution in [2.24, 2.45) is 0 Å². The summed E-state index contributed by atoms with van der Waals surface area (Å²) in [5.41, 5.74) is 3.92. The van der Waals surface area contributed by atoms with Crippen molar-refractivity contribution in [3.63, 3.8) is 0 Å². The second-order valence-corrected chi connectivity index (χ2v) is 8.44. The molecular weight excluding hydrogens is 396 g/mol. The molecule has 1 fully saturated rings. The minimum absolute atomic E-state index is 0.0859. The third-order valence-corrected chi connectivity index (χ3v) is 6.20. The number of nitrogens with zero attached hydrogens (tertiary/aromatic N) is 4. The lowest BCUT2D eigenvalue weighted by Crippen LogP contribution is -2.54. The van der Waals surface area contributed by atoms with Gasteiger partial charge >= 0.3 is 0 Å². The molecule has 2 heterocycles. The number of fused-ring (bicyclic) bond motifs is 1. The fraction of sp³-hybridized carbons (Fsp3) is 0.222. The molecule has 32 heavy (non-hydrogen) atoms. The van der Waals surface area contributed by atoms with E-state index < -0.39 is 0 Å². The van der Waals surface area contributed by atoms with E-state index in [1.807, 2.05) is 47.4 Å². The summed E-state index contributed by atoms with van der Waals surface area (Å²) >= 11 is 0. The Bertz CT molecular complexity index is 1250. The van der Waals surface area contributed by atoms with Crippen LogP contribution in [0.15, 0.2) is 78.9 Å². The monoisotopic (exact) mass is 422 g/mol. The van der Waals surface area contributed by atoms with Gasteiger partial charge in [-0.3, -0.25) is 4.79 Å². The zero-order chi connectivity index (χ0) is 22.1. The molecule has 1 amide bonds. The molecule has 0 aliphatic carbocycles. The Kier molecular flexibility index (Phi) is 5.31. The average molecular weight is 423 g/mol. The Morgan fingerprint density at radius 3 is 2.25 bits per heavy atom. The maximum absolute atomic E-state index is 12.9.